The van der Waals surface area contributed by atoms with Crippen LogP contribution < -0.4 is 5.32 Å². The molecule has 108 valence electrons. The van der Waals surface area contributed by atoms with E-state index in [-0.39, 0.29) is 6.54 Å². The van der Waals surface area contributed by atoms with Gasteiger partial charge in [-0.05, 0) is 36.8 Å². The first-order valence-electron chi connectivity index (χ1n) is 6.18. The molecule has 1 aromatic carbocycles. The molecule has 2 rings (SSSR count). The lowest BCUT2D eigenvalue weighted by Crippen LogP contribution is -2.08. The second-order valence-electron chi connectivity index (χ2n) is 4.51. The number of nitriles is 1. The Kier molecular flexibility index (Phi) is 4.13. The SMILES string of the molecule is Cc1ccc(C#N)c(NCc2cccc(C(F)(F)F)c2)n1. The highest BCUT2D eigenvalue weighted by Crippen LogP contribution is 2.29. The van der Waals surface area contributed by atoms with Crippen LogP contribution in [0.25, 0.3) is 0 Å². The van der Waals surface area contributed by atoms with Gasteiger partial charge >= 0.3 is 6.18 Å². The number of aryl methyl sites for hydroxylation is 1. The van der Waals surface area contributed by atoms with Crippen molar-refractivity contribution < 1.29 is 13.2 Å². The average molecular weight is 291 g/mol. The molecule has 1 N–H and O–H groups in total. The number of hydrogen-bond acceptors (Lipinski definition) is 3. The molecule has 0 amide bonds. The van der Waals surface area contributed by atoms with Crippen molar-refractivity contribution in [1.82, 2.24) is 4.98 Å². The molecule has 3 nitrogen and oxygen atoms in total. The zero-order chi connectivity index (χ0) is 15.5. The minimum Gasteiger partial charge on any atom is -0.365 e. The Morgan fingerprint density at radius 3 is 2.67 bits per heavy atom. The summed E-state index contributed by atoms with van der Waals surface area (Å²) >= 11 is 0. The lowest BCUT2D eigenvalue weighted by Gasteiger charge is -2.11. The number of pyridine rings is 1. The molecule has 0 saturated heterocycles. The predicted octanol–water partition coefficient (Wildman–Crippen LogP) is 3.89. The monoisotopic (exact) mass is 291 g/mol. The molecule has 1 heterocycles. The molecule has 0 atom stereocenters. The first-order chi connectivity index (χ1) is 9.90. The van der Waals surface area contributed by atoms with Crippen molar-refractivity contribution in [2.75, 3.05) is 5.32 Å². The summed E-state index contributed by atoms with van der Waals surface area (Å²) in [6, 6.07) is 10.4. The minimum atomic E-state index is -4.37. The number of aromatic nitrogens is 1. The largest absolute Gasteiger partial charge is 0.416 e. The van der Waals surface area contributed by atoms with Gasteiger partial charge in [0.2, 0.25) is 0 Å². The topological polar surface area (TPSA) is 48.7 Å². The summed E-state index contributed by atoms with van der Waals surface area (Å²) in [5, 5.41) is 11.9. The van der Waals surface area contributed by atoms with Gasteiger partial charge in [0.1, 0.15) is 11.9 Å². The van der Waals surface area contributed by atoms with E-state index >= 15 is 0 Å². The number of rotatable bonds is 3. The van der Waals surface area contributed by atoms with Gasteiger partial charge in [0.05, 0.1) is 11.1 Å². The van der Waals surface area contributed by atoms with Crippen LogP contribution in [0, 0.1) is 18.3 Å². The third-order valence-electron chi connectivity index (χ3n) is 2.87. The molecule has 0 aliphatic carbocycles. The lowest BCUT2D eigenvalue weighted by molar-refractivity contribution is -0.137. The van der Waals surface area contributed by atoms with E-state index < -0.39 is 11.7 Å². The maximum absolute atomic E-state index is 12.6. The first-order valence-corrected chi connectivity index (χ1v) is 6.18. The molecule has 0 aliphatic rings. The molecular formula is C15H12F3N3. The van der Waals surface area contributed by atoms with Crippen molar-refractivity contribution in [3.8, 4) is 6.07 Å². The van der Waals surface area contributed by atoms with E-state index in [4.69, 9.17) is 5.26 Å². The van der Waals surface area contributed by atoms with Crippen LogP contribution in [0.4, 0.5) is 19.0 Å². The Bertz CT molecular complexity index is 687. The minimum absolute atomic E-state index is 0.162. The van der Waals surface area contributed by atoms with Crippen LogP contribution in [0.15, 0.2) is 36.4 Å². The molecule has 21 heavy (non-hydrogen) atoms. The molecule has 0 aliphatic heterocycles. The van der Waals surface area contributed by atoms with Gasteiger partial charge in [0.25, 0.3) is 0 Å². The Morgan fingerprint density at radius 1 is 1.24 bits per heavy atom. The molecule has 0 bridgehead atoms. The fourth-order valence-electron chi connectivity index (χ4n) is 1.83. The van der Waals surface area contributed by atoms with Crippen LogP contribution in [0.3, 0.4) is 0 Å². The van der Waals surface area contributed by atoms with Crippen molar-refractivity contribution in [3.05, 3.63) is 58.8 Å². The second-order valence-corrected chi connectivity index (χ2v) is 4.51. The molecule has 0 fully saturated rings. The highest BCUT2D eigenvalue weighted by molar-refractivity contribution is 5.52. The Labute approximate surface area is 120 Å². The van der Waals surface area contributed by atoms with Gasteiger partial charge in [0.15, 0.2) is 0 Å². The molecule has 0 unspecified atom stereocenters. The Morgan fingerprint density at radius 2 is 2.00 bits per heavy atom. The maximum Gasteiger partial charge on any atom is 0.416 e. The van der Waals surface area contributed by atoms with E-state index in [1.54, 1.807) is 25.1 Å². The van der Waals surface area contributed by atoms with Gasteiger partial charge in [0, 0.05) is 12.2 Å². The van der Waals surface area contributed by atoms with E-state index in [9.17, 15) is 13.2 Å². The second kappa shape index (κ2) is 5.83. The smallest absolute Gasteiger partial charge is 0.365 e. The highest BCUT2D eigenvalue weighted by Gasteiger charge is 2.30. The lowest BCUT2D eigenvalue weighted by atomic mass is 10.1. The van der Waals surface area contributed by atoms with Crippen LogP contribution in [0.1, 0.15) is 22.4 Å². The summed E-state index contributed by atoms with van der Waals surface area (Å²) in [7, 11) is 0. The van der Waals surface area contributed by atoms with E-state index in [0.717, 1.165) is 17.8 Å². The summed E-state index contributed by atoms with van der Waals surface area (Å²) in [5.41, 5.74) is 0.852. The number of nitrogens with zero attached hydrogens (tertiary/aromatic N) is 2. The molecule has 1 aromatic heterocycles. The fraction of sp³-hybridized carbons (Fsp3) is 0.200. The van der Waals surface area contributed by atoms with E-state index in [2.05, 4.69) is 10.3 Å². The number of halogens is 3. The van der Waals surface area contributed by atoms with Crippen LogP contribution in [-0.2, 0) is 12.7 Å². The number of hydrogen-bond donors (Lipinski definition) is 1. The fourth-order valence-corrected chi connectivity index (χ4v) is 1.83. The summed E-state index contributed by atoms with van der Waals surface area (Å²) in [6.45, 7) is 1.94. The predicted molar refractivity (Wildman–Crippen MR) is 72.5 cm³/mol. The van der Waals surface area contributed by atoms with Crippen molar-refractivity contribution in [1.29, 1.82) is 5.26 Å². The third-order valence-corrected chi connectivity index (χ3v) is 2.87. The Balaban J connectivity index is 2.18. The zero-order valence-electron chi connectivity index (χ0n) is 11.2. The molecular weight excluding hydrogens is 279 g/mol. The van der Waals surface area contributed by atoms with Crippen molar-refractivity contribution in [3.63, 3.8) is 0 Å². The average Bonchev–Trinajstić information content (AvgIpc) is 2.45. The molecule has 0 saturated carbocycles. The number of nitrogens with one attached hydrogen (secondary N) is 1. The quantitative estimate of drug-likeness (QED) is 0.933. The molecule has 0 radical (unpaired) electrons. The summed E-state index contributed by atoms with van der Waals surface area (Å²) < 4.78 is 37.9. The zero-order valence-corrected chi connectivity index (χ0v) is 11.2. The van der Waals surface area contributed by atoms with Crippen molar-refractivity contribution in [2.24, 2.45) is 0 Å². The van der Waals surface area contributed by atoms with Crippen molar-refractivity contribution in [2.45, 2.75) is 19.6 Å². The molecule has 0 spiro atoms. The number of alkyl halides is 3. The molecule has 2 aromatic rings. The Hall–Kier alpha value is -2.55. The van der Waals surface area contributed by atoms with Gasteiger partial charge in [-0.15, -0.1) is 0 Å². The summed E-state index contributed by atoms with van der Waals surface area (Å²) in [5.74, 6) is 0.370. The van der Waals surface area contributed by atoms with Crippen LogP contribution in [0.5, 0.6) is 0 Å². The highest BCUT2D eigenvalue weighted by atomic mass is 19.4. The van der Waals surface area contributed by atoms with Gasteiger partial charge in [-0.2, -0.15) is 18.4 Å². The van der Waals surface area contributed by atoms with Crippen molar-refractivity contribution >= 4 is 5.82 Å². The van der Waals surface area contributed by atoms with Crippen LogP contribution in [0.2, 0.25) is 0 Å². The van der Waals surface area contributed by atoms with Gasteiger partial charge < -0.3 is 5.32 Å². The summed E-state index contributed by atoms with van der Waals surface area (Å²) in [4.78, 5) is 4.17. The molecule has 6 heteroatoms. The normalized spacial score (nSPS) is 11.0. The van der Waals surface area contributed by atoms with Crippen LogP contribution >= 0.6 is 0 Å². The number of benzene rings is 1. The van der Waals surface area contributed by atoms with E-state index in [0.29, 0.717) is 16.9 Å². The standard InChI is InChI=1S/C15H12F3N3/c1-10-5-6-12(8-19)14(21-10)20-9-11-3-2-4-13(7-11)15(16,17)18/h2-7H,9H2,1H3,(H,20,21). The maximum atomic E-state index is 12.6. The van der Waals surface area contributed by atoms with E-state index in [1.807, 2.05) is 6.07 Å². The summed E-state index contributed by atoms with van der Waals surface area (Å²) in [6.07, 6.45) is -4.37. The van der Waals surface area contributed by atoms with E-state index in [1.165, 1.54) is 6.07 Å². The van der Waals surface area contributed by atoms with Gasteiger partial charge in [-0.25, -0.2) is 4.98 Å². The number of anilines is 1. The first kappa shape index (κ1) is 14.9. The van der Waals surface area contributed by atoms with Gasteiger partial charge in [-0.3, -0.25) is 0 Å². The third kappa shape index (κ3) is 3.72. The van der Waals surface area contributed by atoms with Gasteiger partial charge in [-0.1, -0.05) is 12.1 Å². The van der Waals surface area contributed by atoms with Crippen LogP contribution in [-0.4, -0.2) is 4.98 Å².